The van der Waals surface area contributed by atoms with E-state index in [-0.39, 0.29) is 0 Å². The van der Waals surface area contributed by atoms with Gasteiger partial charge in [-0.1, -0.05) is 31.2 Å². The first-order valence-corrected chi connectivity index (χ1v) is 10.9. The largest absolute Gasteiger partial charge is 0.491 e. The van der Waals surface area contributed by atoms with Gasteiger partial charge in [0.15, 0.2) is 0 Å². The van der Waals surface area contributed by atoms with Gasteiger partial charge in [0, 0.05) is 21.8 Å². The molecule has 1 aliphatic heterocycles. The summed E-state index contributed by atoms with van der Waals surface area (Å²) in [6, 6.07) is 17.0. The van der Waals surface area contributed by atoms with Crippen LogP contribution in [0.5, 0.6) is 5.75 Å². The molecule has 0 radical (unpaired) electrons. The number of fused-ring (bicyclic) bond motifs is 2. The van der Waals surface area contributed by atoms with Crippen LogP contribution in [0.1, 0.15) is 6.92 Å². The minimum absolute atomic E-state index is 0.383. The van der Waals surface area contributed by atoms with E-state index in [2.05, 4.69) is 48.6 Å². The monoisotopic (exact) mass is 385 g/mol. The first kappa shape index (κ1) is 17.8. The Bertz CT molecular complexity index is 837. The normalized spacial score (nSPS) is 18.1. The fourth-order valence-electron chi connectivity index (χ4n) is 2.97. The van der Waals surface area contributed by atoms with Crippen molar-refractivity contribution >= 4 is 34.5 Å². The van der Waals surface area contributed by atoms with Crippen LogP contribution >= 0.6 is 23.5 Å². The van der Waals surface area contributed by atoms with Crippen LogP contribution in [0.15, 0.2) is 69.0 Å². The van der Waals surface area contributed by atoms with Crippen LogP contribution in [0.4, 0.5) is 0 Å². The van der Waals surface area contributed by atoms with E-state index in [9.17, 15) is 0 Å². The van der Waals surface area contributed by atoms with Crippen molar-refractivity contribution in [3.8, 4) is 5.75 Å². The lowest BCUT2D eigenvalue weighted by Crippen LogP contribution is -2.39. The number of ether oxygens (including phenoxy) is 1. The maximum atomic E-state index is 5.96. The van der Waals surface area contributed by atoms with Crippen molar-refractivity contribution in [2.75, 3.05) is 24.7 Å². The fraction of sp³-hybridized carbons (Fsp3) is 0.333. The average Bonchev–Trinajstić information content (AvgIpc) is 3.06. The molecule has 0 bridgehead atoms. The van der Waals surface area contributed by atoms with Crippen molar-refractivity contribution in [2.45, 2.75) is 22.8 Å². The van der Waals surface area contributed by atoms with Crippen LogP contribution in [-0.2, 0) is 0 Å². The van der Waals surface area contributed by atoms with E-state index in [1.165, 1.54) is 15.2 Å². The van der Waals surface area contributed by atoms with Gasteiger partial charge in [0.2, 0.25) is 0 Å². The Kier molecular flexibility index (Phi) is 5.78. The zero-order valence-electron chi connectivity index (χ0n) is 14.8. The molecular formula is C21H23NO2S2. The molecule has 2 atom stereocenters. The molecule has 0 spiro atoms. The van der Waals surface area contributed by atoms with Crippen molar-refractivity contribution in [3.63, 3.8) is 0 Å². The highest BCUT2D eigenvalue weighted by molar-refractivity contribution is 7.99. The van der Waals surface area contributed by atoms with Gasteiger partial charge in [-0.25, -0.2) is 0 Å². The summed E-state index contributed by atoms with van der Waals surface area (Å²) >= 11 is 3.75. The lowest BCUT2D eigenvalue weighted by Gasteiger charge is -2.19. The Hall–Kier alpha value is -1.56. The minimum atomic E-state index is 0.383. The zero-order chi connectivity index (χ0) is 17.8. The Morgan fingerprint density at radius 1 is 1.19 bits per heavy atom. The molecular weight excluding hydrogens is 362 g/mol. The molecule has 0 saturated heterocycles. The Morgan fingerprint density at radius 3 is 3.08 bits per heavy atom. The molecule has 2 heterocycles. The Balaban J connectivity index is 1.25. The van der Waals surface area contributed by atoms with Gasteiger partial charge < -0.3 is 14.5 Å². The molecule has 0 unspecified atom stereocenters. The molecule has 0 saturated carbocycles. The van der Waals surface area contributed by atoms with E-state index in [1.54, 1.807) is 6.26 Å². The molecule has 4 rings (SSSR count). The molecule has 1 aromatic heterocycles. The Morgan fingerprint density at radius 2 is 2.12 bits per heavy atom. The number of benzene rings is 2. The second-order valence-corrected chi connectivity index (χ2v) is 8.81. The summed E-state index contributed by atoms with van der Waals surface area (Å²) in [5, 5.41) is 4.86. The number of hydrogen-bond acceptors (Lipinski definition) is 5. The summed E-state index contributed by atoms with van der Waals surface area (Å²) in [7, 11) is 0. The molecule has 136 valence electrons. The third kappa shape index (κ3) is 4.22. The van der Waals surface area contributed by atoms with Crippen molar-refractivity contribution in [1.82, 2.24) is 5.32 Å². The maximum Gasteiger partial charge on any atom is 0.147 e. The van der Waals surface area contributed by atoms with E-state index in [4.69, 9.17) is 9.15 Å². The third-order valence-corrected chi connectivity index (χ3v) is 7.04. The zero-order valence-corrected chi connectivity index (χ0v) is 16.4. The van der Waals surface area contributed by atoms with Crippen molar-refractivity contribution in [1.29, 1.82) is 0 Å². The van der Waals surface area contributed by atoms with E-state index in [0.29, 0.717) is 12.0 Å². The molecule has 3 aromatic rings. The SMILES string of the molecule is C[C@@H](CN[C@@H]1COc2ccccc2SC1)CSc1cccc2ccoc12. The Labute approximate surface area is 162 Å². The predicted octanol–water partition coefficient (Wildman–Crippen LogP) is 5.30. The van der Waals surface area contributed by atoms with E-state index in [1.807, 2.05) is 35.7 Å². The first-order valence-electron chi connectivity index (χ1n) is 8.96. The van der Waals surface area contributed by atoms with Crippen LogP contribution in [0, 0.1) is 5.92 Å². The number of hydrogen-bond donors (Lipinski definition) is 1. The number of furan rings is 1. The van der Waals surface area contributed by atoms with E-state index < -0.39 is 0 Å². The summed E-state index contributed by atoms with van der Waals surface area (Å²) in [6.45, 7) is 4.02. The lowest BCUT2D eigenvalue weighted by molar-refractivity contribution is 0.270. The summed E-state index contributed by atoms with van der Waals surface area (Å²) in [5.74, 6) is 3.69. The topological polar surface area (TPSA) is 34.4 Å². The van der Waals surface area contributed by atoms with Gasteiger partial charge in [-0.3, -0.25) is 0 Å². The van der Waals surface area contributed by atoms with Crippen molar-refractivity contribution < 1.29 is 9.15 Å². The molecule has 1 N–H and O–H groups in total. The van der Waals surface area contributed by atoms with Gasteiger partial charge >= 0.3 is 0 Å². The lowest BCUT2D eigenvalue weighted by atomic mass is 10.2. The predicted molar refractivity (Wildman–Crippen MR) is 111 cm³/mol. The van der Waals surface area contributed by atoms with Gasteiger partial charge in [0.25, 0.3) is 0 Å². The third-order valence-electron chi connectivity index (χ3n) is 4.45. The highest BCUT2D eigenvalue weighted by Crippen LogP contribution is 2.32. The highest BCUT2D eigenvalue weighted by Gasteiger charge is 2.18. The molecule has 0 amide bonds. The van der Waals surface area contributed by atoms with Gasteiger partial charge in [-0.05, 0) is 36.7 Å². The number of thioether (sulfide) groups is 2. The minimum Gasteiger partial charge on any atom is -0.491 e. The van der Waals surface area contributed by atoms with E-state index >= 15 is 0 Å². The van der Waals surface area contributed by atoms with Crippen LogP contribution in [0.2, 0.25) is 0 Å². The summed E-state index contributed by atoms with van der Waals surface area (Å²) in [4.78, 5) is 2.47. The number of rotatable bonds is 6. The summed E-state index contributed by atoms with van der Waals surface area (Å²) in [6.07, 6.45) is 1.77. The second kappa shape index (κ2) is 8.42. The van der Waals surface area contributed by atoms with Gasteiger partial charge in [-0.15, -0.1) is 23.5 Å². The van der Waals surface area contributed by atoms with Crippen LogP contribution in [0.25, 0.3) is 11.0 Å². The summed E-state index contributed by atoms with van der Waals surface area (Å²) < 4.78 is 11.6. The fourth-order valence-corrected chi connectivity index (χ4v) is 5.07. The van der Waals surface area contributed by atoms with Gasteiger partial charge in [-0.2, -0.15) is 0 Å². The van der Waals surface area contributed by atoms with Crippen LogP contribution in [0.3, 0.4) is 0 Å². The maximum absolute atomic E-state index is 5.96. The van der Waals surface area contributed by atoms with Crippen molar-refractivity contribution in [2.24, 2.45) is 5.92 Å². The van der Waals surface area contributed by atoms with Crippen molar-refractivity contribution in [3.05, 3.63) is 54.8 Å². The first-order chi connectivity index (χ1) is 12.8. The molecule has 0 fully saturated rings. The molecule has 0 aliphatic carbocycles. The molecule has 5 heteroatoms. The molecule has 1 aliphatic rings. The van der Waals surface area contributed by atoms with Gasteiger partial charge in [0.05, 0.1) is 17.2 Å². The molecule has 2 aromatic carbocycles. The number of nitrogens with one attached hydrogen (secondary N) is 1. The second-order valence-electron chi connectivity index (χ2n) is 6.69. The van der Waals surface area contributed by atoms with Gasteiger partial charge in [0.1, 0.15) is 17.9 Å². The highest BCUT2D eigenvalue weighted by atomic mass is 32.2. The van der Waals surface area contributed by atoms with Crippen LogP contribution < -0.4 is 10.1 Å². The van der Waals surface area contributed by atoms with E-state index in [0.717, 1.165) is 36.0 Å². The quantitative estimate of drug-likeness (QED) is 0.582. The summed E-state index contributed by atoms with van der Waals surface area (Å²) in [5.41, 5.74) is 1.00. The molecule has 26 heavy (non-hydrogen) atoms. The molecule has 3 nitrogen and oxygen atoms in total. The average molecular weight is 386 g/mol. The number of para-hydroxylation sites is 2. The smallest absolute Gasteiger partial charge is 0.147 e. The standard InChI is InChI=1S/C21H23NO2S2/c1-15(13-25-20-8-4-5-16-9-10-23-21(16)20)11-22-17-12-24-18-6-2-3-7-19(18)26-14-17/h2-10,15,17,22H,11-14H2,1H3/t15-,17+/m0/s1. The van der Waals surface area contributed by atoms with Crippen LogP contribution in [-0.4, -0.2) is 30.7 Å².